The van der Waals surface area contributed by atoms with Crippen molar-refractivity contribution in [3.05, 3.63) is 66.5 Å². The van der Waals surface area contributed by atoms with Crippen LogP contribution in [-0.2, 0) is 32.1 Å². The molecule has 2 aromatic carbocycles. The van der Waals surface area contributed by atoms with Gasteiger partial charge in [-0.1, -0.05) is 51.1 Å². The van der Waals surface area contributed by atoms with Crippen LogP contribution in [0.15, 0.2) is 60.9 Å². The summed E-state index contributed by atoms with van der Waals surface area (Å²) in [6.07, 6.45) is 7.03. The van der Waals surface area contributed by atoms with Crippen LogP contribution in [0.5, 0.6) is 5.75 Å². The molecule has 9 nitrogen and oxygen atoms in total. The molecule has 1 fully saturated rings. The first-order valence-electron chi connectivity index (χ1n) is 16.3. The molecule has 0 radical (unpaired) electrons. The molecule has 45 heavy (non-hydrogen) atoms. The molecule has 0 amide bonds. The second-order valence-electron chi connectivity index (χ2n) is 13.4. The van der Waals surface area contributed by atoms with Crippen LogP contribution in [0.25, 0.3) is 22.2 Å². The molecule has 2 atom stereocenters. The Morgan fingerprint density at radius 1 is 1.00 bits per heavy atom. The SMILES string of the molecule is CC(Cn1cc(-c2nn(C3CCCCO3)c3ccc(O[Si](C)(C)C(C)(C)C)cc23)cn1)OCCOCCOCc1ccccc1. The maximum Gasteiger partial charge on any atom is 0.250 e. The van der Waals surface area contributed by atoms with Crippen LogP contribution < -0.4 is 4.43 Å². The standard InChI is InChI=1S/C35H50N4O5Si/c1-27(42-21-20-40-18-19-41-26-28-12-8-7-9-13-28)24-38-25-29(23-36-38)34-31-22-30(44-45(5,6)35(2,3)4)15-16-32(31)39(37-34)33-14-10-11-17-43-33/h7-9,12-13,15-16,22-23,25,27,33H,10-11,14,17-21,24,26H2,1-6H3. The first-order chi connectivity index (χ1) is 21.6. The molecule has 1 aliphatic rings. The van der Waals surface area contributed by atoms with Gasteiger partial charge in [0.1, 0.15) is 11.4 Å². The van der Waals surface area contributed by atoms with Crippen molar-refractivity contribution >= 4 is 19.2 Å². The van der Waals surface area contributed by atoms with Crippen molar-refractivity contribution in [3.8, 4) is 17.0 Å². The summed E-state index contributed by atoms with van der Waals surface area (Å²) < 4.78 is 34.2. The summed E-state index contributed by atoms with van der Waals surface area (Å²) in [5, 5.41) is 10.9. The molecule has 0 aliphatic carbocycles. The number of aromatic nitrogens is 4. The van der Waals surface area contributed by atoms with Crippen LogP contribution in [0.3, 0.4) is 0 Å². The topological polar surface area (TPSA) is 81.8 Å². The molecule has 4 aromatic rings. The molecule has 1 aliphatic heterocycles. The second kappa shape index (κ2) is 15.0. The molecule has 1 saturated heterocycles. The minimum atomic E-state index is -2.00. The Balaban J connectivity index is 1.19. The van der Waals surface area contributed by atoms with E-state index in [0.29, 0.717) is 39.6 Å². The summed E-state index contributed by atoms with van der Waals surface area (Å²) in [7, 11) is -2.00. The van der Waals surface area contributed by atoms with Crippen molar-refractivity contribution < 1.29 is 23.4 Å². The van der Waals surface area contributed by atoms with Crippen LogP contribution in [0.1, 0.15) is 58.7 Å². The summed E-state index contributed by atoms with van der Waals surface area (Å²) in [5.74, 6) is 0.888. The van der Waals surface area contributed by atoms with Gasteiger partial charge in [-0.05, 0) is 68.1 Å². The molecule has 2 unspecified atom stereocenters. The van der Waals surface area contributed by atoms with Crippen LogP contribution >= 0.6 is 0 Å². The molecule has 0 spiro atoms. The van der Waals surface area contributed by atoms with Gasteiger partial charge in [-0.3, -0.25) is 4.68 Å². The van der Waals surface area contributed by atoms with Gasteiger partial charge in [0.25, 0.3) is 0 Å². The van der Waals surface area contributed by atoms with Gasteiger partial charge in [-0.2, -0.15) is 10.2 Å². The van der Waals surface area contributed by atoms with Gasteiger partial charge in [-0.25, -0.2) is 4.68 Å². The zero-order valence-corrected chi connectivity index (χ0v) is 28.8. The maximum absolute atomic E-state index is 6.69. The molecule has 0 bridgehead atoms. The number of fused-ring (bicyclic) bond motifs is 1. The Morgan fingerprint density at radius 3 is 2.53 bits per heavy atom. The highest BCUT2D eigenvalue weighted by Crippen LogP contribution is 2.39. The molecule has 0 N–H and O–H groups in total. The summed E-state index contributed by atoms with van der Waals surface area (Å²) >= 11 is 0. The van der Waals surface area contributed by atoms with E-state index in [1.165, 1.54) is 0 Å². The largest absolute Gasteiger partial charge is 0.543 e. The highest BCUT2D eigenvalue weighted by atomic mass is 28.4. The maximum atomic E-state index is 6.69. The summed E-state index contributed by atoms with van der Waals surface area (Å²) in [6.45, 7) is 17.5. The van der Waals surface area contributed by atoms with E-state index in [4.69, 9.17) is 28.5 Å². The van der Waals surface area contributed by atoms with E-state index in [1.54, 1.807) is 0 Å². The van der Waals surface area contributed by atoms with E-state index >= 15 is 0 Å². The minimum Gasteiger partial charge on any atom is -0.543 e. The average Bonchev–Trinajstić information content (AvgIpc) is 3.63. The Hall–Kier alpha value is -3.02. The summed E-state index contributed by atoms with van der Waals surface area (Å²) in [6, 6.07) is 16.5. The Morgan fingerprint density at radius 2 is 1.78 bits per heavy atom. The van der Waals surface area contributed by atoms with Crippen molar-refractivity contribution in [3.63, 3.8) is 0 Å². The van der Waals surface area contributed by atoms with Crippen molar-refractivity contribution in [2.75, 3.05) is 33.0 Å². The van der Waals surface area contributed by atoms with Crippen LogP contribution in [0, 0.1) is 0 Å². The van der Waals surface area contributed by atoms with Crippen molar-refractivity contribution in [2.24, 2.45) is 0 Å². The smallest absolute Gasteiger partial charge is 0.250 e. The van der Waals surface area contributed by atoms with Gasteiger partial charge in [0.05, 0.1) is 57.4 Å². The molecular weight excluding hydrogens is 584 g/mol. The molecule has 244 valence electrons. The molecule has 3 heterocycles. The fourth-order valence-corrected chi connectivity index (χ4v) is 6.20. The lowest BCUT2D eigenvalue weighted by atomic mass is 10.1. The van der Waals surface area contributed by atoms with E-state index < -0.39 is 8.32 Å². The minimum absolute atomic E-state index is 0.0230. The number of benzene rings is 2. The highest BCUT2D eigenvalue weighted by molar-refractivity contribution is 6.74. The van der Waals surface area contributed by atoms with Gasteiger partial charge in [0.15, 0.2) is 6.23 Å². The molecule has 0 saturated carbocycles. The third-order valence-electron chi connectivity index (χ3n) is 8.75. The lowest BCUT2D eigenvalue weighted by molar-refractivity contribution is -0.0365. The lowest BCUT2D eigenvalue weighted by Crippen LogP contribution is -2.43. The predicted molar refractivity (Wildman–Crippen MR) is 180 cm³/mol. The number of nitrogens with zero attached hydrogens (tertiary/aromatic N) is 4. The van der Waals surface area contributed by atoms with Gasteiger partial charge >= 0.3 is 0 Å². The van der Waals surface area contributed by atoms with E-state index in [-0.39, 0.29) is 17.4 Å². The van der Waals surface area contributed by atoms with Crippen LogP contribution in [0.4, 0.5) is 0 Å². The van der Waals surface area contributed by atoms with E-state index in [1.807, 2.05) is 29.1 Å². The van der Waals surface area contributed by atoms with Crippen molar-refractivity contribution in [1.29, 1.82) is 0 Å². The zero-order chi connectivity index (χ0) is 31.9. The van der Waals surface area contributed by atoms with E-state index in [0.717, 1.165) is 59.3 Å². The molecule has 10 heteroatoms. The van der Waals surface area contributed by atoms with E-state index in [2.05, 4.69) is 87.1 Å². The van der Waals surface area contributed by atoms with Gasteiger partial charge in [0, 0.05) is 23.8 Å². The normalized spacial score (nSPS) is 16.7. The van der Waals surface area contributed by atoms with Gasteiger partial charge in [-0.15, -0.1) is 0 Å². The first-order valence-corrected chi connectivity index (χ1v) is 19.2. The van der Waals surface area contributed by atoms with Crippen LogP contribution in [-0.4, -0.2) is 67.0 Å². The van der Waals surface area contributed by atoms with Gasteiger partial charge in [0.2, 0.25) is 8.32 Å². The Labute approximate surface area is 268 Å². The Bertz CT molecular complexity index is 1490. The van der Waals surface area contributed by atoms with Crippen molar-refractivity contribution in [2.45, 2.75) is 90.6 Å². The third-order valence-corrected chi connectivity index (χ3v) is 13.1. The Kier molecular flexibility index (Phi) is 11.1. The number of ether oxygens (including phenoxy) is 4. The van der Waals surface area contributed by atoms with Gasteiger partial charge < -0.3 is 23.4 Å². The monoisotopic (exact) mass is 634 g/mol. The summed E-state index contributed by atoms with van der Waals surface area (Å²) in [5.41, 5.74) is 4.07. The lowest BCUT2D eigenvalue weighted by Gasteiger charge is -2.36. The fraction of sp³-hybridized carbons (Fsp3) is 0.543. The number of rotatable bonds is 15. The quantitative estimate of drug-likeness (QED) is 0.0983. The highest BCUT2D eigenvalue weighted by Gasteiger charge is 2.39. The molecule has 5 rings (SSSR count). The molecule has 2 aromatic heterocycles. The summed E-state index contributed by atoms with van der Waals surface area (Å²) in [4.78, 5) is 0. The first kappa shape index (κ1) is 33.3. The predicted octanol–water partition coefficient (Wildman–Crippen LogP) is 7.62. The number of hydrogen-bond acceptors (Lipinski definition) is 7. The zero-order valence-electron chi connectivity index (χ0n) is 27.8. The molecular formula is C35H50N4O5Si. The van der Waals surface area contributed by atoms with Crippen molar-refractivity contribution in [1.82, 2.24) is 19.6 Å². The fourth-order valence-electron chi connectivity index (χ4n) is 5.17. The number of hydrogen-bond donors (Lipinski definition) is 0. The average molecular weight is 635 g/mol. The third kappa shape index (κ3) is 8.83. The van der Waals surface area contributed by atoms with Crippen LogP contribution in [0.2, 0.25) is 18.1 Å². The second-order valence-corrected chi connectivity index (χ2v) is 18.2. The van der Waals surface area contributed by atoms with E-state index in [9.17, 15) is 0 Å².